The van der Waals surface area contributed by atoms with Crippen molar-refractivity contribution in [2.45, 2.75) is 48.6 Å². The van der Waals surface area contributed by atoms with E-state index in [1.165, 1.54) is 0 Å². The van der Waals surface area contributed by atoms with Crippen LogP contribution in [0, 0.1) is 0 Å². The summed E-state index contributed by atoms with van der Waals surface area (Å²) in [4.78, 5) is 11.0. The predicted octanol–water partition coefficient (Wildman–Crippen LogP) is 3.73. The van der Waals surface area contributed by atoms with Crippen molar-refractivity contribution in [1.29, 1.82) is 0 Å². The maximum atomic E-state index is 12.7. The summed E-state index contributed by atoms with van der Waals surface area (Å²) in [6.07, 6.45) is -5.90. The summed E-state index contributed by atoms with van der Waals surface area (Å²) in [6, 6.07) is 0. The quantitative estimate of drug-likeness (QED) is 0.569. The number of carbonyl (C=O) groups is 1. The monoisotopic (exact) mass is 324 g/mol. The van der Waals surface area contributed by atoms with Crippen molar-refractivity contribution in [3.8, 4) is 0 Å². The van der Waals surface area contributed by atoms with Gasteiger partial charge >= 0.3 is 98.7 Å². The number of hydrogen-bond donors (Lipinski definition) is 0. The second-order valence-electron chi connectivity index (χ2n) is 3.71. The Hall–Kier alpha value is -0.337. The molecule has 102 valence electrons. The molecule has 0 heterocycles. The van der Waals surface area contributed by atoms with Gasteiger partial charge in [-0.25, -0.2) is 0 Å². The van der Waals surface area contributed by atoms with Crippen molar-refractivity contribution < 1.29 is 30.5 Å². The first-order valence-corrected chi connectivity index (χ1v) is 10.5. The van der Waals surface area contributed by atoms with Crippen molar-refractivity contribution >= 4 is 19.6 Å². The Balaban J connectivity index is 4.97. The summed E-state index contributed by atoms with van der Waals surface area (Å²) in [5.41, 5.74) is 0. The summed E-state index contributed by atoms with van der Waals surface area (Å²) in [5, 5.41) is 1.10. The molecule has 0 amide bonds. The molecule has 0 aliphatic rings. The van der Waals surface area contributed by atoms with Crippen LogP contribution in [0.3, 0.4) is 0 Å². The molecule has 0 rings (SSSR count). The van der Waals surface area contributed by atoms with Crippen molar-refractivity contribution in [2.24, 2.45) is 0 Å². The van der Waals surface area contributed by atoms with E-state index in [0.717, 1.165) is 0 Å². The molecule has 2 nitrogen and oxygen atoms in total. The Morgan fingerprint density at radius 2 is 1.35 bits per heavy atom. The molecule has 0 aromatic carbocycles. The first-order chi connectivity index (χ1) is 7.56. The molecule has 0 aliphatic carbocycles. The van der Waals surface area contributed by atoms with Crippen molar-refractivity contribution in [3.05, 3.63) is 0 Å². The van der Waals surface area contributed by atoms with Gasteiger partial charge in [0, 0.05) is 0 Å². The van der Waals surface area contributed by atoms with Crippen LogP contribution in [0.4, 0.5) is 22.0 Å². The van der Waals surface area contributed by atoms with Crippen molar-refractivity contribution in [2.75, 3.05) is 0 Å². The Labute approximate surface area is 99.2 Å². The fraction of sp³-hybridized carbons (Fsp3) is 0.889. The minimum absolute atomic E-state index is 0.368. The fourth-order valence-electron chi connectivity index (χ4n) is 1.34. The number of hydrogen-bond acceptors (Lipinski definition) is 2. The molecule has 0 aliphatic heterocycles. The first-order valence-electron chi connectivity index (χ1n) is 5.24. The van der Waals surface area contributed by atoms with Gasteiger partial charge in [-0.05, 0) is 0 Å². The summed E-state index contributed by atoms with van der Waals surface area (Å²) in [5.74, 6) is -7.86. The minimum atomic E-state index is -5.90. The van der Waals surface area contributed by atoms with Crippen molar-refractivity contribution in [3.63, 3.8) is 0 Å². The van der Waals surface area contributed by atoms with Gasteiger partial charge in [0.2, 0.25) is 0 Å². The van der Waals surface area contributed by atoms with E-state index in [2.05, 4.69) is 3.76 Å². The molecule has 0 aromatic heterocycles. The summed E-state index contributed by atoms with van der Waals surface area (Å²) in [7, 11) is 0. The molecule has 0 bridgehead atoms. The van der Waals surface area contributed by atoms with Crippen molar-refractivity contribution in [1.82, 2.24) is 0 Å². The van der Waals surface area contributed by atoms with Crippen LogP contribution >= 0.6 is 0 Å². The zero-order valence-corrected chi connectivity index (χ0v) is 11.9. The normalized spacial score (nSPS) is 13.6. The van der Waals surface area contributed by atoms with E-state index >= 15 is 0 Å². The van der Waals surface area contributed by atoms with Gasteiger partial charge in [0.15, 0.2) is 0 Å². The predicted molar refractivity (Wildman–Crippen MR) is 54.3 cm³/mol. The summed E-state index contributed by atoms with van der Waals surface area (Å²) in [6.45, 7) is 4.93. The number of halogens is 5. The van der Waals surface area contributed by atoms with E-state index in [9.17, 15) is 26.7 Å². The molecule has 0 atom stereocenters. The van der Waals surface area contributed by atoms with Crippen LogP contribution in [-0.2, 0) is 8.56 Å². The van der Waals surface area contributed by atoms with E-state index < -0.39 is 31.7 Å². The molecular weight excluding hydrogens is 308 g/mol. The third-order valence-corrected chi connectivity index (χ3v) is 12.3. The van der Waals surface area contributed by atoms with E-state index in [4.69, 9.17) is 0 Å². The van der Waals surface area contributed by atoms with Gasteiger partial charge in [-0.2, -0.15) is 0 Å². The zero-order valence-electron chi connectivity index (χ0n) is 9.83. The number of carbonyl (C=O) groups excluding carboxylic acids is 1. The molecule has 0 radical (unpaired) electrons. The summed E-state index contributed by atoms with van der Waals surface area (Å²) >= 11 is -3.34. The van der Waals surface area contributed by atoms with Gasteiger partial charge < -0.3 is 0 Å². The standard InChI is InChI=1S/C9H15F5GeO2/c1-4-15(5-2,6-3)17-7(16)8(10,11)9(12,13)14/h4-6H2,1-3H3. The molecule has 0 fully saturated rings. The van der Waals surface area contributed by atoms with Crippen LogP contribution in [0.15, 0.2) is 0 Å². The molecule has 0 aromatic rings. The van der Waals surface area contributed by atoms with Crippen LogP contribution < -0.4 is 0 Å². The Bertz CT molecular complexity index is 265. The Morgan fingerprint density at radius 1 is 1.00 bits per heavy atom. The molecule has 0 saturated heterocycles. The van der Waals surface area contributed by atoms with Crippen LogP contribution in [0.2, 0.25) is 15.8 Å². The van der Waals surface area contributed by atoms with Gasteiger partial charge in [-0.15, -0.1) is 0 Å². The Morgan fingerprint density at radius 3 is 1.59 bits per heavy atom. The maximum absolute atomic E-state index is 12.7. The van der Waals surface area contributed by atoms with Gasteiger partial charge in [-0.1, -0.05) is 0 Å². The van der Waals surface area contributed by atoms with E-state index in [-0.39, 0.29) is 0 Å². The van der Waals surface area contributed by atoms with Gasteiger partial charge in [-0.3, -0.25) is 0 Å². The average Bonchev–Trinajstić information content (AvgIpc) is 2.24. The second-order valence-corrected chi connectivity index (χ2v) is 13.5. The molecule has 17 heavy (non-hydrogen) atoms. The van der Waals surface area contributed by atoms with Crippen LogP contribution in [0.25, 0.3) is 0 Å². The molecule has 0 spiro atoms. The van der Waals surface area contributed by atoms with Crippen LogP contribution in [-0.4, -0.2) is 31.7 Å². The third-order valence-electron chi connectivity index (χ3n) is 2.85. The van der Waals surface area contributed by atoms with Gasteiger partial charge in [0.1, 0.15) is 0 Å². The topological polar surface area (TPSA) is 26.3 Å². The van der Waals surface area contributed by atoms with E-state index in [0.29, 0.717) is 15.8 Å². The molecular formula is C9H15F5GeO2. The number of alkyl halides is 5. The Kier molecular flexibility index (Phi) is 5.43. The first kappa shape index (κ1) is 16.7. The molecule has 0 unspecified atom stereocenters. The molecule has 0 N–H and O–H groups in total. The molecule has 8 heteroatoms. The SMILES string of the molecule is C[CH2][Ge]([CH2]C)([CH2]C)[O]C(=O)C(F)(F)C(F)(F)F. The average molecular weight is 323 g/mol. The van der Waals surface area contributed by atoms with Crippen LogP contribution in [0.5, 0.6) is 0 Å². The summed E-state index contributed by atoms with van der Waals surface area (Å²) < 4.78 is 65.8. The zero-order chi connectivity index (χ0) is 13.9. The number of rotatable bonds is 5. The van der Waals surface area contributed by atoms with E-state index in [1.807, 2.05) is 0 Å². The van der Waals surface area contributed by atoms with Crippen LogP contribution in [0.1, 0.15) is 20.8 Å². The van der Waals surface area contributed by atoms with E-state index in [1.54, 1.807) is 20.8 Å². The fourth-order valence-corrected chi connectivity index (χ4v) is 6.49. The van der Waals surface area contributed by atoms with Gasteiger partial charge in [0.05, 0.1) is 0 Å². The molecule has 0 saturated carbocycles. The van der Waals surface area contributed by atoms with Gasteiger partial charge in [0.25, 0.3) is 0 Å². The third kappa shape index (κ3) is 3.56. The second kappa shape index (κ2) is 5.54.